The number of carbonyl (C=O) groups excluding carboxylic acids is 2. The first-order valence-corrected chi connectivity index (χ1v) is 7.00. The number of rotatable bonds is 2. The van der Waals surface area contributed by atoms with Gasteiger partial charge in [0.15, 0.2) is 0 Å². The average molecular weight is 297 g/mol. The van der Waals surface area contributed by atoms with Crippen LogP contribution in [0.25, 0.3) is 0 Å². The summed E-state index contributed by atoms with van der Waals surface area (Å²) < 4.78 is 0. The third kappa shape index (κ3) is 3.69. The molecule has 0 saturated carbocycles. The molecule has 1 aromatic heterocycles. The van der Waals surface area contributed by atoms with Crippen molar-refractivity contribution in [3.05, 3.63) is 66.0 Å². The lowest BCUT2D eigenvalue weighted by molar-refractivity contribution is 0.0358. The Balaban J connectivity index is 2.25. The van der Waals surface area contributed by atoms with Crippen molar-refractivity contribution in [2.24, 2.45) is 0 Å². The Labute approximate surface area is 130 Å². The van der Waals surface area contributed by atoms with Crippen LogP contribution in [0.2, 0.25) is 0 Å². The SMILES string of the molecule is CC(C)(C)N(NC(=O)c1ccncc1)C(=O)c1ccccc1. The lowest BCUT2D eigenvalue weighted by Gasteiger charge is -2.35. The second kappa shape index (κ2) is 6.39. The lowest BCUT2D eigenvalue weighted by atomic mass is 10.1. The zero-order valence-electron chi connectivity index (χ0n) is 12.9. The third-order valence-electron chi connectivity index (χ3n) is 3.05. The van der Waals surface area contributed by atoms with Gasteiger partial charge in [0.2, 0.25) is 0 Å². The smallest absolute Gasteiger partial charge is 0.267 e. The van der Waals surface area contributed by atoms with E-state index in [-0.39, 0.29) is 11.8 Å². The molecule has 0 fully saturated rings. The minimum Gasteiger partial charge on any atom is -0.267 e. The van der Waals surface area contributed by atoms with E-state index in [9.17, 15) is 9.59 Å². The number of amides is 2. The Morgan fingerprint density at radius 1 is 0.955 bits per heavy atom. The van der Waals surface area contributed by atoms with E-state index >= 15 is 0 Å². The van der Waals surface area contributed by atoms with Crippen LogP contribution in [-0.4, -0.2) is 27.3 Å². The van der Waals surface area contributed by atoms with Crippen LogP contribution in [0.1, 0.15) is 41.5 Å². The number of hydrazine groups is 1. The molecule has 1 N–H and O–H groups in total. The zero-order chi connectivity index (χ0) is 16.2. The van der Waals surface area contributed by atoms with E-state index in [2.05, 4.69) is 10.4 Å². The predicted octanol–water partition coefficient (Wildman–Crippen LogP) is 2.67. The number of carbonyl (C=O) groups is 2. The van der Waals surface area contributed by atoms with Gasteiger partial charge < -0.3 is 0 Å². The highest BCUT2D eigenvalue weighted by Gasteiger charge is 2.29. The number of hydrogen-bond acceptors (Lipinski definition) is 3. The lowest BCUT2D eigenvalue weighted by Crippen LogP contribution is -2.55. The Kier molecular flexibility index (Phi) is 4.56. The van der Waals surface area contributed by atoms with Crippen LogP contribution in [0.4, 0.5) is 0 Å². The summed E-state index contributed by atoms with van der Waals surface area (Å²) in [6.45, 7) is 5.59. The summed E-state index contributed by atoms with van der Waals surface area (Å²) in [6, 6.07) is 12.1. The average Bonchev–Trinajstić information content (AvgIpc) is 2.52. The minimum absolute atomic E-state index is 0.254. The van der Waals surface area contributed by atoms with Crippen molar-refractivity contribution < 1.29 is 9.59 Å². The van der Waals surface area contributed by atoms with Crippen LogP contribution in [0.15, 0.2) is 54.9 Å². The van der Waals surface area contributed by atoms with Crippen molar-refractivity contribution in [3.63, 3.8) is 0 Å². The van der Waals surface area contributed by atoms with Crippen LogP contribution in [0.3, 0.4) is 0 Å². The maximum Gasteiger partial charge on any atom is 0.272 e. The van der Waals surface area contributed by atoms with E-state index in [1.165, 1.54) is 17.4 Å². The molecule has 2 rings (SSSR count). The van der Waals surface area contributed by atoms with E-state index in [1.54, 1.807) is 36.4 Å². The van der Waals surface area contributed by atoms with Gasteiger partial charge in [-0.25, -0.2) is 5.01 Å². The summed E-state index contributed by atoms with van der Waals surface area (Å²) in [4.78, 5) is 28.8. The summed E-state index contributed by atoms with van der Waals surface area (Å²) in [5.41, 5.74) is 3.10. The maximum absolute atomic E-state index is 12.7. The van der Waals surface area contributed by atoms with E-state index in [1.807, 2.05) is 26.8 Å². The molecule has 0 atom stereocenters. The van der Waals surface area contributed by atoms with E-state index in [4.69, 9.17) is 0 Å². The number of pyridine rings is 1. The van der Waals surface area contributed by atoms with Crippen molar-refractivity contribution in [3.8, 4) is 0 Å². The highest BCUT2D eigenvalue weighted by molar-refractivity contribution is 5.99. The molecule has 0 unspecified atom stereocenters. The molecule has 114 valence electrons. The first-order valence-electron chi connectivity index (χ1n) is 7.00. The summed E-state index contributed by atoms with van der Waals surface area (Å²) >= 11 is 0. The van der Waals surface area contributed by atoms with Gasteiger partial charge in [-0.3, -0.25) is 20.0 Å². The van der Waals surface area contributed by atoms with Gasteiger partial charge in [-0.15, -0.1) is 0 Å². The summed E-state index contributed by atoms with van der Waals surface area (Å²) in [7, 11) is 0. The highest BCUT2D eigenvalue weighted by Crippen LogP contribution is 2.15. The molecule has 0 radical (unpaired) electrons. The van der Waals surface area contributed by atoms with Gasteiger partial charge in [0, 0.05) is 23.5 Å². The Morgan fingerprint density at radius 3 is 2.09 bits per heavy atom. The van der Waals surface area contributed by atoms with Crippen LogP contribution >= 0.6 is 0 Å². The number of aromatic nitrogens is 1. The first-order chi connectivity index (χ1) is 10.4. The van der Waals surface area contributed by atoms with Gasteiger partial charge in [0.1, 0.15) is 0 Å². The third-order valence-corrected chi connectivity index (χ3v) is 3.05. The first kappa shape index (κ1) is 15.7. The van der Waals surface area contributed by atoms with Crippen molar-refractivity contribution >= 4 is 11.8 Å². The number of benzene rings is 1. The molecule has 0 saturated heterocycles. The second-order valence-electron chi connectivity index (χ2n) is 5.85. The van der Waals surface area contributed by atoms with E-state index in [0.717, 1.165) is 0 Å². The van der Waals surface area contributed by atoms with Crippen LogP contribution in [0, 0.1) is 0 Å². The van der Waals surface area contributed by atoms with Crippen LogP contribution in [0.5, 0.6) is 0 Å². The molecule has 0 aliphatic heterocycles. The molecular weight excluding hydrogens is 278 g/mol. The Bertz CT molecular complexity index is 649. The van der Waals surface area contributed by atoms with Gasteiger partial charge in [-0.1, -0.05) is 18.2 Å². The number of nitrogens with one attached hydrogen (secondary N) is 1. The normalized spacial score (nSPS) is 10.9. The molecule has 0 bridgehead atoms. The molecule has 22 heavy (non-hydrogen) atoms. The minimum atomic E-state index is -0.560. The summed E-state index contributed by atoms with van der Waals surface area (Å²) in [6.07, 6.45) is 3.07. The number of nitrogens with zero attached hydrogens (tertiary/aromatic N) is 2. The standard InChI is InChI=1S/C17H19N3O2/c1-17(2,3)20(16(22)14-7-5-4-6-8-14)19-15(21)13-9-11-18-12-10-13/h4-12H,1-3H3,(H,19,21). The van der Waals surface area contributed by atoms with E-state index in [0.29, 0.717) is 11.1 Å². The van der Waals surface area contributed by atoms with Crippen molar-refractivity contribution in [1.82, 2.24) is 15.4 Å². The second-order valence-corrected chi connectivity index (χ2v) is 5.85. The fourth-order valence-corrected chi connectivity index (χ4v) is 1.90. The molecule has 1 aromatic carbocycles. The van der Waals surface area contributed by atoms with Crippen LogP contribution in [-0.2, 0) is 0 Å². The van der Waals surface area contributed by atoms with Crippen molar-refractivity contribution in [1.29, 1.82) is 0 Å². The van der Waals surface area contributed by atoms with Crippen molar-refractivity contribution in [2.75, 3.05) is 0 Å². The van der Waals surface area contributed by atoms with Crippen LogP contribution < -0.4 is 5.43 Å². The molecule has 1 heterocycles. The monoisotopic (exact) mass is 297 g/mol. The number of hydrogen-bond donors (Lipinski definition) is 1. The molecule has 0 spiro atoms. The Hall–Kier alpha value is -2.69. The van der Waals surface area contributed by atoms with Gasteiger partial charge in [0.05, 0.1) is 5.54 Å². The molecule has 5 nitrogen and oxygen atoms in total. The van der Waals surface area contributed by atoms with E-state index < -0.39 is 5.54 Å². The largest absolute Gasteiger partial charge is 0.272 e. The van der Waals surface area contributed by atoms with Gasteiger partial charge in [-0.2, -0.15) is 0 Å². The fourth-order valence-electron chi connectivity index (χ4n) is 1.90. The molecule has 0 aliphatic rings. The predicted molar refractivity (Wildman–Crippen MR) is 84.1 cm³/mol. The maximum atomic E-state index is 12.7. The van der Waals surface area contributed by atoms with Crippen molar-refractivity contribution in [2.45, 2.75) is 26.3 Å². The van der Waals surface area contributed by atoms with Gasteiger partial charge in [-0.05, 0) is 45.0 Å². The van der Waals surface area contributed by atoms with Gasteiger partial charge in [0.25, 0.3) is 11.8 Å². The molecule has 2 amide bonds. The highest BCUT2D eigenvalue weighted by atomic mass is 16.2. The molecule has 5 heteroatoms. The summed E-state index contributed by atoms with van der Waals surface area (Å²) in [5.74, 6) is -0.600. The Morgan fingerprint density at radius 2 is 1.55 bits per heavy atom. The topological polar surface area (TPSA) is 62.3 Å². The van der Waals surface area contributed by atoms with Gasteiger partial charge >= 0.3 is 0 Å². The fraction of sp³-hybridized carbons (Fsp3) is 0.235. The molecule has 0 aliphatic carbocycles. The zero-order valence-corrected chi connectivity index (χ0v) is 12.9. The summed E-state index contributed by atoms with van der Waals surface area (Å²) in [5, 5.41) is 1.35. The quantitative estimate of drug-likeness (QED) is 0.867. The molecule has 2 aromatic rings. The molecular formula is C17H19N3O2.